The van der Waals surface area contributed by atoms with Crippen LogP contribution in [-0.2, 0) is 15.6 Å². The smallest absolute Gasteiger partial charge is 0.184 e. The first kappa shape index (κ1) is 15.6. The molecule has 0 radical (unpaired) electrons. The summed E-state index contributed by atoms with van der Waals surface area (Å²) in [4.78, 5) is 0.290. The van der Waals surface area contributed by atoms with Crippen molar-refractivity contribution in [2.24, 2.45) is 5.73 Å². The fourth-order valence-corrected chi connectivity index (χ4v) is 3.18. The summed E-state index contributed by atoms with van der Waals surface area (Å²) in [5, 5.41) is 7.78. The van der Waals surface area contributed by atoms with E-state index in [0.29, 0.717) is 12.2 Å². The van der Waals surface area contributed by atoms with E-state index in [2.05, 4.69) is 10.2 Å². The largest absolute Gasteiger partial charge is 0.330 e. The third-order valence-corrected chi connectivity index (χ3v) is 5.02. The van der Waals surface area contributed by atoms with Gasteiger partial charge in [-0.2, -0.15) is 10.2 Å². The topological polar surface area (TPSA) is 85.9 Å². The number of hydrogen-bond acceptors (Lipinski definition) is 5. The van der Waals surface area contributed by atoms with E-state index in [0.717, 1.165) is 11.3 Å². The Morgan fingerprint density at radius 2 is 1.76 bits per heavy atom. The van der Waals surface area contributed by atoms with Crippen LogP contribution >= 0.6 is 0 Å². The highest BCUT2D eigenvalue weighted by atomic mass is 32.2. The molecule has 0 aliphatic heterocycles. The van der Waals surface area contributed by atoms with Crippen molar-refractivity contribution < 1.29 is 8.42 Å². The summed E-state index contributed by atoms with van der Waals surface area (Å²) in [7, 11) is -3.41. The van der Waals surface area contributed by atoms with Gasteiger partial charge in [0, 0.05) is 0 Å². The molecule has 0 bridgehead atoms. The lowest BCUT2D eigenvalue weighted by Crippen LogP contribution is -2.10. The Morgan fingerprint density at radius 1 is 1.10 bits per heavy atom. The summed E-state index contributed by atoms with van der Waals surface area (Å²) in [5.41, 5.74) is 7.85. The average Bonchev–Trinajstić information content (AvgIpc) is 2.49. The van der Waals surface area contributed by atoms with Gasteiger partial charge in [-0.15, -0.1) is 0 Å². The molecule has 112 valence electrons. The molecule has 21 heavy (non-hydrogen) atoms. The molecule has 1 aromatic heterocycles. The van der Waals surface area contributed by atoms with E-state index in [1.54, 1.807) is 24.3 Å². The molecule has 0 aliphatic rings. The molecule has 1 unspecified atom stereocenters. The third-order valence-electron chi connectivity index (χ3n) is 3.35. The lowest BCUT2D eigenvalue weighted by Gasteiger charge is -2.10. The first-order valence-electron chi connectivity index (χ1n) is 6.74. The second-order valence-electron chi connectivity index (χ2n) is 5.13. The first-order valence-corrected chi connectivity index (χ1v) is 8.39. The Balaban J connectivity index is 2.21. The zero-order chi connectivity index (χ0) is 15.5. The van der Waals surface area contributed by atoms with Crippen LogP contribution in [0.15, 0.2) is 41.3 Å². The van der Waals surface area contributed by atoms with E-state index in [4.69, 9.17) is 5.73 Å². The van der Waals surface area contributed by atoms with Crippen LogP contribution in [0, 0.1) is 6.92 Å². The summed E-state index contributed by atoms with van der Waals surface area (Å²) in [6.45, 7) is 4.35. The second-order valence-corrected chi connectivity index (χ2v) is 7.12. The number of aromatic nitrogens is 2. The highest BCUT2D eigenvalue weighted by Gasteiger charge is 2.17. The number of sulfone groups is 1. The van der Waals surface area contributed by atoms with Gasteiger partial charge in [0.15, 0.2) is 9.84 Å². The summed E-state index contributed by atoms with van der Waals surface area (Å²) >= 11 is 0. The summed E-state index contributed by atoms with van der Waals surface area (Å²) in [6.07, 6.45) is 0. The zero-order valence-corrected chi connectivity index (χ0v) is 13.0. The number of rotatable bonds is 5. The molecule has 0 saturated heterocycles. The van der Waals surface area contributed by atoms with Crippen molar-refractivity contribution in [3.8, 4) is 0 Å². The van der Waals surface area contributed by atoms with E-state index in [-0.39, 0.29) is 16.6 Å². The van der Waals surface area contributed by atoms with Gasteiger partial charge >= 0.3 is 0 Å². The summed E-state index contributed by atoms with van der Waals surface area (Å²) in [5.74, 6) is 0.0659. The highest BCUT2D eigenvalue weighted by molar-refractivity contribution is 7.90. The van der Waals surface area contributed by atoms with Crippen LogP contribution in [0.5, 0.6) is 0 Å². The van der Waals surface area contributed by atoms with E-state index in [1.807, 2.05) is 26.0 Å². The van der Waals surface area contributed by atoms with Crippen LogP contribution in [0.4, 0.5) is 0 Å². The zero-order valence-electron chi connectivity index (χ0n) is 12.2. The van der Waals surface area contributed by atoms with Gasteiger partial charge < -0.3 is 5.73 Å². The van der Waals surface area contributed by atoms with Crippen LogP contribution in [0.1, 0.15) is 29.8 Å². The van der Waals surface area contributed by atoms with Crippen molar-refractivity contribution in [3.05, 3.63) is 53.3 Å². The molecule has 0 amide bonds. The number of aryl methyl sites for hydroxylation is 1. The Hall–Kier alpha value is -1.79. The van der Waals surface area contributed by atoms with Crippen molar-refractivity contribution in [1.82, 2.24) is 10.2 Å². The van der Waals surface area contributed by atoms with E-state index < -0.39 is 9.84 Å². The van der Waals surface area contributed by atoms with Gasteiger partial charge in [-0.3, -0.25) is 0 Å². The highest BCUT2D eigenvalue weighted by Crippen LogP contribution is 2.19. The standard InChI is InChI=1S/C15H19N3O2S/c1-11(9-16)13-4-7-15(8-5-13)21(19,20)10-14-6-3-12(2)17-18-14/h3-8,11H,9-10,16H2,1-2H3. The van der Waals surface area contributed by atoms with Crippen molar-refractivity contribution >= 4 is 9.84 Å². The van der Waals surface area contributed by atoms with E-state index in [9.17, 15) is 8.42 Å². The Bertz CT molecular complexity index is 695. The van der Waals surface area contributed by atoms with Gasteiger partial charge in [0.25, 0.3) is 0 Å². The van der Waals surface area contributed by atoms with Crippen LogP contribution in [-0.4, -0.2) is 25.2 Å². The van der Waals surface area contributed by atoms with Gasteiger partial charge in [-0.05, 0) is 49.2 Å². The predicted octanol–water partition coefficient (Wildman–Crippen LogP) is 1.82. The minimum atomic E-state index is -3.41. The molecule has 1 aromatic carbocycles. The van der Waals surface area contributed by atoms with Crippen LogP contribution < -0.4 is 5.73 Å². The van der Waals surface area contributed by atoms with Gasteiger partial charge in [0.1, 0.15) is 0 Å². The SMILES string of the molecule is Cc1ccc(CS(=O)(=O)c2ccc(C(C)CN)cc2)nn1. The van der Waals surface area contributed by atoms with Crippen LogP contribution in [0.3, 0.4) is 0 Å². The molecule has 6 heteroatoms. The minimum Gasteiger partial charge on any atom is -0.330 e. The third kappa shape index (κ3) is 3.86. The average molecular weight is 305 g/mol. The van der Waals surface area contributed by atoms with Crippen molar-refractivity contribution in [2.75, 3.05) is 6.54 Å². The first-order chi connectivity index (χ1) is 9.92. The lowest BCUT2D eigenvalue weighted by atomic mass is 10.0. The Labute approximate surface area is 125 Å². The van der Waals surface area contributed by atoms with Crippen molar-refractivity contribution in [3.63, 3.8) is 0 Å². The molecule has 2 rings (SSSR count). The maximum Gasteiger partial charge on any atom is 0.184 e. The molecule has 0 spiro atoms. The minimum absolute atomic E-state index is 0.147. The van der Waals surface area contributed by atoms with Crippen LogP contribution in [0.25, 0.3) is 0 Å². The molecule has 5 nitrogen and oxygen atoms in total. The quantitative estimate of drug-likeness (QED) is 0.910. The van der Waals surface area contributed by atoms with Gasteiger partial charge in [0.05, 0.1) is 22.0 Å². The predicted molar refractivity (Wildman–Crippen MR) is 81.6 cm³/mol. The number of benzene rings is 1. The maximum atomic E-state index is 12.3. The number of nitrogens with two attached hydrogens (primary N) is 1. The molecule has 0 aliphatic carbocycles. The van der Waals surface area contributed by atoms with Gasteiger partial charge in [-0.1, -0.05) is 19.1 Å². The van der Waals surface area contributed by atoms with Gasteiger partial charge in [-0.25, -0.2) is 8.42 Å². The maximum absolute atomic E-state index is 12.3. The van der Waals surface area contributed by atoms with E-state index in [1.165, 1.54) is 0 Å². The molecular formula is C15H19N3O2S. The summed E-state index contributed by atoms with van der Waals surface area (Å²) < 4.78 is 24.7. The normalized spacial score (nSPS) is 13.1. The fraction of sp³-hybridized carbons (Fsp3) is 0.333. The molecule has 2 aromatic rings. The molecule has 0 fully saturated rings. The molecule has 0 saturated carbocycles. The lowest BCUT2D eigenvalue weighted by molar-refractivity contribution is 0.594. The fourth-order valence-electron chi connectivity index (χ4n) is 1.92. The second kappa shape index (κ2) is 6.32. The van der Waals surface area contributed by atoms with Crippen LogP contribution in [0.2, 0.25) is 0 Å². The molecule has 1 heterocycles. The molecule has 1 atom stereocenters. The molecular weight excluding hydrogens is 286 g/mol. The van der Waals surface area contributed by atoms with Crippen molar-refractivity contribution in [1.29, 1.82) is 0 Å². The monoisotopic (exact) mass is 305 g/mol. The van der Waals surface area contributed by atoms with Crippen molar-refractivity contribution in [2.45, 2.75) is 30.4 Å². The number of nitrogens with zero attached hydrogens (tertiary/aromatic N) is 2. The Morgan fingerprint density at radius 3 is 2.29 bits per heavy atom. The Kier molecular flexibility index (Phi) is 4.69. The van der Waals surface area contributed by atoms with Gasteiger partial charge in [0.2, 0.25) is 0 Å². The number of hydrogen-bond donors (Lipinski definition) is 1. The summed E-state index contributed by atoms with van der Waals surface area (Å²) in [6, 6.07) is 10.3. The molecule has 2 N–H and O–H groups in total. The van der Waals surface area contributed by atoms with E-state index >= 15 is 0 Å².